The third-order valence-corrected chi connectivity index (χ3v) is 8.69. The highest BCUT2D eigenvalue weighted by atomic mass is 16.6. The fourth-order valence-corrected chi connectivity index (χ4v) is 7.01. The molecule has 3 aliphatic carbocycles. The standard InChI is InChI=1S/C29H35NO8/c1-7-11-30(12-8-2)14-17-23-26(34)25(33)22-18-9-10-20(32)28(18,4)13-19(37-16(3)31)24(22)29(23,5)21(15-36-6)38-27(17)35/h7-8,14,18-19,21,23H,1-2,9-13,15H2,3-6H3/b17-14+/t18-,19+,21+,23+,28-,29-/m0/s1. The summed E-state index contributed by atoms with van der Waals surface area (Å²) in [7, 11) is 1.45. The zero-order valence-corrected chi connectivity index (χ0v) is 22.4. The van der Waals surface area contributed by atoms with Crippen LogP contribution in [0.4, 0.5) is 0 Å². The highest BCUT2D eigenvalue weighted by Gasteiger charge is 2.67. The van der Waals surface area contributed by atoms with Crippen LogP contribution in [0.1, 0.15) is 40.0 Å². The molecule has 1 saturated heterocycles. The van der Waals surface area contributed by atoms with Gasteiger partial charge in [-0.15, -0.1) is 13.2 Å². The van der Waals surface area contributed by atoms with Crippen LogP contribution in [0, 0.1) is 22.7 Å². The van der Waals surface area contributed by atoms with Crippen molar-refractivity contribution >= 4 is 29.3 Å². The Balaban J connectivity index is 2.01. The first kappa shape index (κ1) is 27.7. The van der Waals surface area contributed by atoms with Gasteiger partial charge in [0.25, 0.3) is 0 Å². The molecule has 4 aliphatic rings. The summed E-state index contributed by atoms with van der Waals surface area (Å²) in [5.41, 5.74) is -1.47. The predicted octanol–water partition coefficient (Wildman–Crippen LogP) is 2.51. The van der Waals surface area contributed by atoms with Crippen LogP contribution in [0.2, 0.25) is 0 Å². The minimum absolute atomic E-state index is 0.0210. The largest absolute Gasteiger partial charge is 0.458 e. The van der Waals surface area contributed by atoms with Gasteiger partial charge in [0.15, 0.2) is 0 Å². The molecule has 0 aromatic heterocycles. The van der Waals surface area contributed by atoms with Gasteiger partial charge in [0.05, 0.1) is 18.1 Å². The molecule has 0 amide bonds. The molecule has 0 bridgehead atoms. The number of nitrogens with zero attached hydrogens (tertiary/aromatic N) is 1. The van der Waals surface area contributed by atoms with Crippen LogP contribution in [0.15, 0.2) is 48.2 Å². The van der Waals surface area contributed by atoms with Gasteiger partial charge in [0, 0.05) is 68.5 Å². The Morgan fingerprint density at radius 1 is 1.16 bits per heavy atom. The molecule has 0 aromatic rings. The Hall–Kier alpha value is -3.33. The molecule has 9 nitrogen and oxygen atoms in total. The summed E-state index contributed by atoms with van der Waals surface area (Å²) in [6, 6.07) is 0. The molecule has 1 aliphatic heterocycles. The van der Waals surface area contributed by atoms with Gasteiger partial charge in [-0.05, 0) is 12.0 Å². The smallest absolute Gasteiger partial charge is 0.336 e. The predicted molar refractivity (Wildman–Crippen MR) is 136 cm³/mol. The van der Waals surface area contributed by atoms with Crippen LogP contribution in [-0.4, -0.2) is 73.2 Å². The van der Waals surface area contributed by atoms with Crippen LogP contribution >= 0.6 is 0 Å². The van der Waals surface area contributed by atoms with Gasteiger partial charge in [0.2, 0.25) is 11.6 Å². The molecule has 2 fully saturated rings. The number of fused-ring (bicyclic) bond motifs is 4. The number of carbonyl (C=O) groups is 5. The number of carbonyl (C=O) groups excluding carboxylic acids is 5. The Morgan fingerprint density at radius 3 is 2.39 bits per heavy atom. The van der Waals surface area contributed by atoms with Gasteiger partial charge in [0.1, 0.15) is 18.0 Å². The number of rotatable bonds is 8. The maximum absolute atomic E-state index is 14.0. The van der Waals surface area contributed by atoms with E-state index < -0.39 is 58.4 Å². The summed E-state index contributed by atoms with van der Waals surface area (Å²) < 4.78 is 17.1. The van der Waals surface area contributed by atoms with Gasteiger partial charge in [-0.25, -0.2) is 4.79 Å². The first-order valence-corrected chi connectivity index (χ1v) is 12.9. The number of cyclic esters (lactones) is 1. The maximum Gasteiger partial charge on any atom is 0.336 e. The van der Waals surface area contributed by atoms with Crippen molar-refractivity contribution in [2.24, 2.45) is 22.7 Å². The van der Waals surface area contributed by atoms with Crippen molar-refractivity contribution in [2.75, 3.05) is 26.8 Å². The molecule has 1 saturated carbocycles. The summed E-state index contributed by atoms with van der Waals surface area (Å²) in [6.07, 6.45) is 3.82. The van der Waals surface area contributed by atoms with Crippen molar-refractivity contribution in [1.82, 2.24) is 4.90 Å². The number of ketones is 3. The Morgan fingerprint density at radius 2 is 1.82 bits per heavy atom. The molecule has 38 heavy (non-hydrogen) atoms. The second-order valence-electron chi connectivity index (χ2n) is 10.9. The molecule has 6 atom stereocenters. The Kier molecular flexibility index (Phi) is 7.36. The van der Waals surface area contributed by atoms with Crippen LogP contribution < -0.4 is 0 Å². The van der Waals surface area contributed by atoms with Gasteiger partial charge in [-0.2, -0.15) is 0 Å². The number of hydrogen-bond donors (Lipinski definition) is 0. The Labute approximate surface area is 222 Å². The van der Waals surface area contributed by atoms with Crippen molar-refractivity contribution < 1.29 is 38.2 Å². The number of allylic oxidation sites excluding steroid dienone is 1. The third-order valence-electron chi connectivity index (χ3n) is 8.69. The first-order valence-electron chi connectivity index (χ1n) is 12.9. The van der Waals surface area contributed by atoms with E-state index in [1.165, 1.54) is 20.2 Å². The van der Waals surface area contributed by atoms with Crippen molar-refractivity contribution in [3.05, 3.63) is 48.2 Å². The van der Waals surface area contributed by atoms with E-state index in [-0.39, 0.29) is 36.4 Å². The molecule has 4 rings (SSSR count). The minimum atomic E-state index is -1.25. The summed E-state index contributed by atoms with van der Waals surface area (Å²) >= 11 is 0. The fraction of sp³-hybridized carbons (Fsp3) is 0.552. The number of esters is 2. The maximum atomic E-state index is 14.0. The van der Waals surface area contributed by atoms with Crippen LogP contribution in [-0.2, 0) is 38.2 Å². The summed E-state index contributed by atoms with van der Waals surface area (Å²) in [5, 5.41) is 0. The average molecular weight is 526 g/mol. The molecular formula is C29H35NO8. The van der Waals surface area contributed by atoms with Crippen molar-refractivity contribution in [2.45, 2.75) is 52.2 Å². The highest BCUT2D eigenvalue weighted by Crippen LogP contribution is 2.62. The normalized spacial score (nSPS) is 35.3. The number of hydrogen-bond acceptors (Lipinski definition) is 9. The third kappa shape index (κ3) is 4.08. The van der Waals surface area contributed by atoms with E-state index in [9.17, 15) is 24.0 Å². The zero-order chi connectivity index (χ0) is 28.0. The summed E-state index contributed by atoms with van der Waals surface area (Å²) in [5.74, 6) is -4.47. The molecule has 204 valence electrons. The quantitative estimate of drug-likeness (QED) is 0.204. The second-order valence-corrected chi connectivity index (χ2v) is 10.9. The monoisotopic (exact) mass is 525 g/mol. The van der Waals surface area contributed by atoms with E-state index in [0.29, 0.717) is 25.1 Å². The van der Waals surface area contributed by atoms with E-state index in [0.717, 1.165) is 0 Å². The molecule has 1 heterocycles. The SMILES string of the molecule is C=CCN(/C=C1/C(=O)O[C@H](COC)[C@]2(C)C3=C(C(=O)C(=O)[C@@H]12)[C@@H]1CCC(=O)[C@@]1(C)C[C@H]3OC(C)=O)CC=C. The number of methoxy groups -OCH3 is 1. The molecule has 0 radical (unpaired) electrons. The first-order chi connectivity index (χ1) is 17.9. The minimum Gasteiger partial charge on any atom is -0.458 e. The van der Waals surface area contributed by atoms with Crippen LogP contribution in [0.5, 0.6) is 0 Å². The van der Waals surface area contributed by atoms with E-state index in [1.807, 2.05) is 0 Å². The van der Waals surface area contributed by atoms with Crippen LogP contribution in [0.25, 0.3) is 0 Å². The van der Waals surface area contributed by atoms with Gasteiger partial charge in [-0.3, -0.25) is 19.2 Å². The van der Waals surface area contributed by atoms with Crippen LogP contribution in [0.3, 0.4) is 0 Å². The average Bonchev–Trinajstić information content (AvgIpc) is 3.13. The molecule has 0 spiro atoms. The van der Waals surface area contributed by atoms with Crippen molar-refractivity contribution in [1.29, 1.82) is 0 Å². The topological polar surface area (TPSA) is 116 Å². The van der Waals surface area contributed by atoms with E-state index >= 15 is 0 Å². The van der Waals surface area contributed by atoms with Gasteiger partial charge < -0.3 is 19.1 Å². The molecule has 0 aromatic carbocycles. The second kappa shape index (κ2) is 10.1. The number of ether oxygens (including phenoxy) is 3. The van der Waals surface area contributed by atoms with Gasteiger partial charge in [-0.1, -0.05) is 26.0 Å². The van der Waals surface area contributed by atoms with E-state index in [2.05, 4.69) is 13.2 Å². The lowest BCUT2D eigenvalue weighted by molar-refractivity contribution is -0.174. The zero-order valence-electron chi connectivity index (χ0n) is 22.4. The summed E-state index contributed by atoms with van der Waals surface area (Å²) in [6.45, 7) is 13.0. The van der Waals surface area contributed by atoms with Gasteiger partial charge >= 0.3 is 11.9 Å². The lowest BCUT2D eigenvalue weighted by atomic mass is 9.50. The highest BCUT2D eigenvalue weighted by molar-refractivity contribution is 6.47. The van der Waals surface area contributed by atoms with Crippen molar-refractivity contribution in [3.8, 4) is 0 Å². The van der Waals surface area contributed by atoms with Crippen molar-refractivity contribution in [3.63, 3.8) is 0 Å². The lowest BCUT2D eigenvalue weighted by Gasteiger charge is -2.55. The molecule has 0 unspecified atom stereocenters. The molecule has 0 N–H and O–H groups in total. The number of Topliss-reactive ketones (excluding diaryl/α,β-unsaturated/α-hetero) is 3. The summed E-state index contributed by atoms with van der Waals surface area (Å²) in [4.78, 5) is 68.3. The van der Waals surface area contributed by atoms with E-state index in [1.54, 1.807) is 30.9 Å². The molecule has 9 heteroatoms. The molecular weight excluding hydrogens is 490 g/mol. The fourth-order valence-electron chi connectivity index (χ4n) is 7.01. The Bertz CT molecular complexity index is 1170. The van der Waals surface area contributed by atoms with E-state index in [4.69, 9.17) is 14.2 Å². The lowest BCUT2D eigenvalue weighted by Crippen LogP contribution is -2.62.